The predicted molar refractivity (Wildman–Crippen MR) is 45.4 cm³/mol. The zero-order chi connectivity index (χ0) is 11.8. The standard InChI is InChI=1S/C10H9F5/c1-5(2)9-7(11)3-6(4-8(9)12)10(13,14)15/h3-5H,1-2H3. The van der Waals surface area contributed by atoms with E-state index in [1.165, 1.54) is 13.8 Å². The lowest BCUT2D eigenvalue weighted by atomic mass is 10.00. The van der Waals surface area contributed by atoms with Crippen LogP contribution in [0.4, 0.5) is 22.0 Å². The third kappa shape index (κ3) is 2.46. The highest BCUT2D eigenvalue weighted by Gasteiger charge is 2.32. The molecular weight excluding hydrogens is 215 g/mol. The molecule has 0 aliphatic carbocycles. The van der Waals surface area contributed by atoms with Gasteiger partial charge >= 0.3 is 6.18 Å². The molecular formula is C10H9F5. The first-order valence-electron chi connectivity index (χ1n) is 4.29. The first-order chi connectivity index (χ1) is 6.73. The molecule has 1 aromatic carbocycles. The topological polar surface area (TPSA) is 0 Å². The first kappa shape index (κ1) is 11.9. The van der Waals surface area contributed by atoms with Crippen molar-refractivity contribution in [3.8, 4) is 0 Å². The number of rotatable bonds is 1. The van der Waals surface area contributed by atoms with E-state index in [0.717, 1.165) is 0 Å². The van der Waals surface area contributed by atoms with Crippen LogP contribution >= 0.6 is 0 Å². The molecule has 0 saturated heterocycles. The summed E-state index contributed by atoms with van der Waals surface area (Å²) in [4.78, 5) is 0. The third-order valence-electron chi connectivity index (χ3n) is 1.98. The summed E-state index contributed by atoms with van der Waals surface area (Å²) in [6.45, 7) is 3.02. The van der Waals surface area contributed by atoms with Crippen LogP contribution in [0.25, 0.3) is 0 Å². The molecule has 0 aliphatic heterocycles. The van der Waals surface area contributed by atoms with Gasteiger partial charge in [0, 0.05) is 5.56 Å². The van der Waals surface area contributed by atoms with Gasteiger partial charge in [-0.05, 0) is 18.1 Å². The van der Waals surface area contributed by atoms with Crippen molar-refractivity contribution in [3.05, 3.63) is 34.9 Å². The summed E-state index contributed by atoms with van der Waals surface area (Å²) in [5.41, 5.74) is -1.62. The van der Waals surface area contributed by atoms with Gasteiger partial charge in [-0.15, -0.1) is 0 Å². The summed E-state index contributed by atoms with van der Waals surface area (Å²) in [5, 5.41) is 0. The first-order valence-corrected chi connectivity index (χ1v) is 4.29. The van der Waals surface area contributed by atoms with E-state index in [9.17, 15) is 22.0 Å². The summed E-state index contributed by atoms with van der Waals surface area (Å²) in [5.74, 6) is -2.80. The van der Waals surface area contributed by atoms with Gasteiger partial charge in [0.1, 0.15) is 11.6 Å². The van der Waals surface area contributed by atoms with Gasteiger partial charge in [-0.3, -0.25) is 0 Å². The Morgan fingerprint density at radius 2 is 1.40 bits per heavy atom. The Balaban J connectivity index is 3.32. The fraction of sp³-hybridized carbons (Fsp3) is 0.400. The van der Waals surface area contributed by atoms with E-state index in [4.69, 9.17) is 0 Å². The van der Waals surface area contributed by atoms with Crippen molar-refractivity contribution in [1.82, 2.24) is 0 Å². The number of alkyl halides is 3. The Morgan fingerprint density at radius 1 is 1.00 bits per heavy atom. The minimum atomic E-state index is -4.73. The van der Waals surface area contributed by atoms with E-state index < -0.39 is 29.3 Å². The molecule has 0 unspecified atom stereocenters. The Labute approximate surface area is 83.7 Å². The minimum absolute atomic E-state index is 0.317. The molecule has 0 aliphatic rings. The Bertz CT molecular complexity index is 342. The summed E-state index contributed by atoms with van der Waals surface area (Å²) in [6, 6.07) is 0.636. The number of halogens is 5. The van der Waals surface area contributed by atoms with Gasteiger partial charge in [0.05, 0.1) is 5.56 Å². The molecule has 0 atom stereocenters. The maximum Gasteiger partial charge on any atom is 0.416 e. The SMILES string of the molecule is CC(C)c1c(F)cc(C(F)(F)F)cc1F. The van der Waals surface area contributed by atoms with Crippen LogP contribution in [0.1, 0.15) is 30.9 Å². The molecule has 84 valence electrons. The molecule has 5 heteroatoms. The molecule has 0 saturated carbocycles. The number of hydrogen-bond acceptors (Lipinski definition) is 0. The van der Waals surface area contributed by atoms with Gasteiger partial charge in [-0.1, -0.05) is 13.8 Å². The Hall–Kier alpha value is -1.13. The molecule has 0 N–H and O–H groups in total. The minimum Gasteiger partial charge on any atom is -0.207 e. The molecule has 0 bridgehead atoms. The summed E-state index contributed by atoms with van der Waals surface area (Å²) >= 11 is 0. The zero-order valence-corrected chi connectivity index (χ0v) is 8.12. The maximum absolute atomic E-state index is 13.2. The van der Waals surface area contributed by atoms with Crippen molar-refractivity contribution in [2.24, 2.45) is 0 Å². The van der Waals surface area contributed by atoms with Crippen LogP contribution < -0.4 is 0 Å². The summed E-state index contributed by atoms with van der Waals surface area (Å²) < 4.78 is 62.7. The van der Waals surface area contributed by atoms with Gasteiger partial charge in [0.2, 0.25) is 0 Å². The zero-order valence-electron chi connectivity index (χ0n) is 8.12. The molecule has 1 aromatic rings. The lowest BCUT2D eigenvalue weighted by Crippen LogP contribution is -2.09. The predicted octanol–water partition coefficient (Wildman–Crippen LogP) is 4.11. The highest BCUT2D eigenvalue weighted by Crippen LogP contribution is 2.33. The van der Waals surface area contributed by atoms with E-state index in [0.29, 0.717) is 12.1 Å². The molecule has 15 heavy (non-hydrogen) atoms. The molecule has 0 heterocycles. The summed E-state index contributed by atoms with van der Waals surface area (Å²) in [6.07, 6.45) is -4.73. The normalized spacial score (nSPS) is 12.3. The van der Waals surface area contributed by atoms with E-state index in [2.05, 4.69) is 0 Å². The molecule has 0 radical (unpaired) electrons. The number of hydrogen-bond donors (Lipinski definition) is 0. The number of benzene rings is 1. The van der Waals surface area contributed by atoms with Crippen molar-refractivity contribution < 1.29 is 22.0 Å². The Morgan fingerprint density at radius 3 is 1.67 bits per heavy atom. The van der Waals surface area contributed by atoms with Gasteiger partial charge < -0.3 is 0 Å². The van der Waals surface area contributed by atoms with E-state index >= 15 is 0 Å². The van der Waals surface area contributed by atoms with Crippen LogP contribution in [0.3, 0.4) is 0 Å². The van der Waals surface area contributed by atoms with Gasteiger partial charge in [0.25, 0.3) is 0 Å². The fourth-order valence-electron chi connectivity index (χ4n) is 1.30. The van der Waals surface area contributed by atoms with E-state index in [-0.39, 0.29) is 5.56 Å². The monoisotopic (exact) mass is 224 g/mol. The van der Waals surface area contributed by atoms with Crippen LogP contribution in [0.15, 0.2) is 12.1 Å². The van der Waals surface area contributed by atoms with Crippen molar-refractivity contribution in [2.45, 2.75) is 25.9 Å². The highest BCUT2D eigenvalue weighted by atomic mass is 19.4. The van der Waals surface area contributed by atoms with Crippen LogP contribution in [-0.4, -0.2) is 0 Å². The molecule has 0 fully saturated rings. The van der Waals surface area contributed by atoms with E-state index in [1.54, 1.807) is 0 Å². The van der Waals surface area contributed by atoms with Crippen LogP contribution in [0, 0.1) is 11.6 Å². The van der Waals surface area contributed by atoms with Crippen molar-refractivity contribution in [1.29, 1.82) is 0 Å². The van der Waals surface area contributed by atoms with Crippen molar-refractivity contribution in [3.63, 3.8) is 0 Å². The van der Waals surface area contributed by atoms with Crippen LogP contribution in [-0.2, 0) is 6.18 Å². The van der Waals surface area contributed by atoms with Gasteiger partial charge in [0.15, 0.2) is 0 Å². The largest absolute Gasteiger partial charge is 0.416 e. The average molecular weight is 224 g/mol. The third-order valence-corrected chi connectivity index (χ3v) is 1.98. The second kappa shape index (κ2) is 3.79. The Kier molecular flexibility index (Phi) is 3.02. The highest BCUT2D eigenvalue weighted by molar-refractivity contribution is 5.29. The fourth-order valence-corrected chi connectivity index (χ4v) is 1.30. The van der Waals surface area contributed by atoms with Crippen LogP contribution in [0.5, 0.6) is 0 Å². The van der Waals surface area contributed by atoms with E-state index in [1.807, 2.05) is 0 Å². The molecule has 1 rings (SSSR count). The quantitative estimate of drug-likeness (QED) is 0.630. The van der Waals surface area contributed by atoms with Crippen LogP contribution in [0.2, 0.25) is 0 Å². The second-order valence-corrected chi connectivity index (χ2v) is 3.51. The summed E-state index contributed by atoms with van der Waals surface area (Å²) in [7, 11) is 0. The maximum atomic E-state index is 13.2. The average Bonchev–Trinajstić information content (AvgIpc) is 1.99. The lowest BCUT2D eigenvalue weighted by molar-refractivity contribution is -0.138. The molecule has 0 aromatic heterocycles. The smallest absolute Gasteiger partial charge is 0.207 e. The molecule has 0 amide bonds. The second-order valence-electron chi connectivity index (χ2n) is 3.51. The van der Waals surface area contributed by atoms with Gasteiger partial charge in [-0.2, -0.15) is 13.2 Å². The van der Waals surface area contributed by atoms with Crippen molar-refractivity contribution in [2.75, 3.05) is 0 Å². The molecule has 0 nitrogen and oxygen atoms in total. The molecule has 0 spiro atoms. The lowest BCUT2D eigenvalue weighted by Gasteiger charge is -2.12. The van der Waals surface area contributed by atoms with Gasteiger partial charge in [-0.25, -0.2) is 8.78 Å². The van der Waals surface area contributed by atoms with Crippen molar-refractivity contribution >= 4 is 0 Å².